The fourth-order valence-corrected chi connectivity index (χ4v) is 2.58. The van der Waals surface area contributed by atoms with Gasteiger partial charge in [0.2, 0.25) is 0 Å². The first-order chi connectivity index (χ1) is 9.23. The van der Waals surface area contributed by atoms with Crippen LogP contribution in [0.4, 0.5) is 0 Å². The zero-order valence-corrected chi connectivity index (χ0v) is 11.2. The van der Waals surface area contributed by atoms with E-state index in [1.165, 1.54) is 0 Å². The van der Waals surface area contributed by atoms with E-state index in [-0.39, 0.29) is 12.5 Å². The van der Waals surface area contributed by atoms with Crippen molar-refractivity contribution >= 4 is 0 Å². The molecule has 0 fully saturated rings. The summed E-state index contributed by atoms with van der Waals surface area (Å²) in [6.07, 6.45) is 0.705. The van der Waals surface area contributed by atoms with Gasteiger partial charge in [-0.05, 0) is 17.5 Å². The minimum absolute atomic E-state index is 0.0449. The summed E-state index contributed by atoms with van der Waals surface area (Å²) in [6.45, 7) is 1.94. The van der Waals surface area contributed by atoms with E-state index >= 15 is 0 Å². The van der Waals surface area contributed by atoms with Crippen molar-refractivity contribution in [1.29, 1.82) is 0 Å². The SMILES string of the molecule is CCC(CO)C(O)(c1ccccc1)c1ccccc1. The summed E-state index contributed by atoms with van der Waals surface area (Å²) < 4.78 is 0. The van der Waals surface area contributed by atoms with Crippen molar-refractivity contribution in [3.63, 3.8) is 0 Å². The van der Waals surface area contributed by atoms with Gasteiger partial charge in [0.05, 0.1) is 0 Å². The molecule has 2 aromatic carbocycles. The van der Waals surface area contributed by atoms with Crippen LogP contribution in [0.1, 0.15) is 24.5 Å². The van der Waals surface area contributed by atoms with E-state index in [2.05, 4.69) is 0 Å². The number of rotatable bonds is 5. The lowest BCUT2D eigenvalue weighted by molar-refractivity contribution is -0.0116. The van der Waals surface area contributed by atoms with Crippen molar-refractivity contribution in [3.8, 4) is 0 Å². The van der Waals surface area contributed by atoms with Gasteiger partial charge >= 0.3 is 0 Å². The predicted molar refractivity (Wildman–Crippen MR) is 76.7 cm³/mol. The molecule has 0 bridgehead atoms. The molecule has 0 spiro atoms. The number of hydrogen-bond acceptors (Lipinski definition) is 2. The van der Waals surface area contributed by atoms with Crippen LogP contribution in [0.3, 0.4) is 0 Å². The standard InChI is InChI=1S/C17H20O2/c1-2-14(13-18)17(19,15-9-5-3-6-10-15)16-11-7-4-8-12-16/h3-12,14,18-19H,2,13H2,1H3. The summed E-state index contributed by atoms with van der Waals surface area (Å²) in [5.74, 6) is -0.225. The number of hydrogen-bond donors (Lipinski definition) is 2. The first-order valence-corrected chi connectivity index (χ1v) is 6.67. The Bertz CT molecular complexity index is 450. The summed E-state index contributed by atoms with van der Waals surface area (Å²) in [6, 6.07) is 19.1. The summed E-state index contributed by atoms with van der Waals surface area (Å²) in [7, 11) is 0. The molecule has 2 rings (SSSR count). The smallest absolute Gasteiger partial charge is 0.120 e. The fourth-order valence-electron chi connectivity index (χ4n) is 2.58. The van der Waals surface area contributed by atoms with Crippen LogP contribution in [0.5, 0.6) is 0 Å². The van der Waals surface area contributed by atoms with Gasteiger partial charge in [0.25, 0.3) is 0 Å². The molecule has 0 aromatic heterocycles. The van der Waals surface area contributed by atoms with Gasteiger partial charge in [-0.25, -0.2) is 0 Å². The Kier molecular flexibility index (Phi) is 4.35. The molecular weight excluding hydrogens is 236 g/mol. The number of aliphatic hydroxyl groups excluding tert-OH is 1. The zero-order chi connectivity index (χ0) is 13.7. The largest absolute Gasteiger partial charge is 0.396 e. The lowest BCUT2D eigenvalue weighted by Crippen LogP contribution is -2.38. The normalized spacial score (nSPS) is 13.2. The zero-order valence-electron chi connectivity index (χ0n) is 11.2. The van der Waals surface area contributed by atoms with Crippen LogP contribution in [0, 0.1) is 5.92 Å². The van der Waals surface area contributed by atoms with E-state index in [9.17, 15) is 10.2 Å². The monoisotopic (exact) mass is 256 g/mol. The van der Waals surface area contributed by atoms with E-state index in [0.29, 0.717) is 6.42 Å². The van der Waals surface area contributed by atoms with Gasteiger partial charge < -0.3 is 10.2 Å². The first-order valence-electron chi connectivity index (χ1n) is 6.67. The molecule has 2 N–H and O–H groups in total. The van der Waals surface area contributed by atoms with Crippen LogP contribution in [0.2, 0.25) is 0 Å². The minimum atomic E-state index is -1.15. The molecule has 19 heavy (non-hydrogen) atoms. The lowest BCUT2D eigenvalue weighted by Gasteiger charge is -2.36. The van der Waals surface area contributed by atoms with E-state index < -0.39 is 5.60 Å². The predicted octanol–water partition coefficient (Wildman–Crippen LogP) is 2.94. The summed E-state index contributed by atoms with van der Waals surface area (Å²) >= 11 is 0. The Hall–Kier alpha value is -1.64. The van der Waals surface area contributed by atoms with Crippen molar-refractivity contribution in [2.75, 3.05) is 6.61 Å². The maximum atomic E-state index is 11.3. The maximum absolute atomic E-state index is 11.3. The molecule has 0 saturated heterocycles. The highest BCUT2D eigenvalue weighted by molar-refractivity contribution is 5.36. The topological polar surface area (TPSA) is 40.5 Å². The van der Waals surface area contributed by atoms with E-state index in [1.54, 1.807) is 0 Å². The van der Waals surface area contributed by atoms with Crippen LogP contribution in [-0.2, 0) is 5.60 Å². The average Bonchev–Trinajstić information content (AvgIpc) is 2.50. The van der Waals surface area contributed by atoms with E-state index in [0.717, 1.165) is 11.1 Å². The lowest BCUT2D eigenvalue weighted by atomic mass is 9.75. The third kappa shape index (κ3) is 2.55. The second-order valence-corrected chi connectivity index (χ2v) is 4.79. The Labute approximate surface area is 114 Å². The first kappa shape index (κ1) is 13.8. The van der Waals surface area contributed by atoms with Gasteiger partial charge in [0.1, 0.15) is 5.60 Å². The van der Waals surface area contributed by atoms with Gasteiger partial charge in [-0.3, -0.25) is 0 Å². The quantitative estimate of drug-likeness (QED) is 0.863. The molecule has 0 aliphatic carbocycles. The van der Waals surface area contributed by atoms with Crippen molar-refractivity contribution in [1.82, 2.24) is 0 Å². The average molecular weight is 256 g/mol. The van der Waals surface area contributed by atoms with E-state index in [1.807, 2.05) is 67.6 Å². The van der Waals surface area contributed by atoms with Gasteiger partial charge in [-0.2, -0.15) is 0 Å². The molecule has 0 amide bonds. The third-order valence-electron chi connectivity index (χ3n) is 3.73. The highest BCUT2D eigenvalue weighted by Gasteiger charge is 2.38. The third-order valence-corrected chi connectivity index (χ3v) is 3.73. The van der Waals surface area contributed by atoms with Crippen LogP contribution >= 0.6 is 0 Å². The van der Waals surface area contributed by atoms with Crippen LogP contribution in [0.25, 0.3) is 0 Å². The van der Waals surface area contributed by atoms with Crippen LogP contribution < -0.4 is 0 Å². The van der Waals surface area contributed by atoms with Gasteiger partial charge in [-0.1, -0.05) is 67.6 Å². The maximum Gasteiger partial charge on any atom is 0.120 e. The molecule has 1 unspecified atom stereocenters. The van der Waals surface area contributed by atoms with Crippen molar-refractivity contribution < 1.29 is 10.2 Å². The van der Waals surface area contributed by atoms with Gasteiger partial charge in [0, 0.05) is 12.5 Å². The Morgan fingerprint density at radius 1 is 0.895 bits per heavy atom. The van der Waals surface area contributed by atoms with Crippen LogP contribution in [0.15, 0.2) is 60.7 Å². The second-order valence-electron chi connectivity index (χ2n) is 4.79. The second kappa shape index (κ2) is 6.00. The molecule has 0 aliphatic rings. The summed E-state index contributed by atoms with van der Waals surface area (Å²) in [5, 5.41) is 20.9. The Morgan fingerprint density at radius 2 is 1.32 bits per heavy atom. The number of aliphatic hydroxyl groups is 2. The highest BCUT2D eigenvalue weighted by Crippen LogP contribution is 2.38. The molecule has 100 valence electrons. The fraction of sp³-hybridized carbons (Fsp3) is 0.294. The van der Waals surface area contributed by atoms with Gasteiger partial charge in [0.15, 0.2) is 0 Å². The summed E-state index contributed by atoms with van der Waals surface area (Å²) in [5.41, 5.74) is 0.496. The minimum Gasteiger partial charge on any atom is -0.396 e. The highest BCUT2D eigenvalue weighted by atomic mass is 16.3. The van der Waals surface area contributed by atoms with Gasteiger partial charge in [-0.15, -0.1) is 0 Å². The van der Waals surface area contributed by atoms with Crippen molar-refractivity contribution in [3.05, 3.63) is 71.8 Å². The van der Waals surface area contributed by atoms with E-state index in [4.69, 9.17) is 0 Å². The molecule has 0 aliphatic heterocycles. The molecule has 2 nitrogen and oxygen atoms in total. The number of benzene rings is 2. The summed E-state index contributed by atoms with van der Waals surface area (Å²) in [4.78, 5) is 0. The molecule has 2 heteroatoms. The molecule has 1 atom stereocenters. The molecular formula is C17H20O2. The van der Waals surface area contributed by atoms with Crippen LogP contribution in [-0.4, -0.2) is 16.8 Å². The Morgan fingerprint density at radius 3 is 1.63 bits per heavy atom. The van der Waals surface area contributed by atoms with Crippen molar-refractivity contribution in [2.45, 2.75) is 18.9 Å². The molecule has 0 saturated carbocycles. The molecule has 0 radical (unpaired) electrons. The van der Waals surface area contributed by atoms with Crippen molar-refractivity contribution in [2.24, 2.45) is 5.92 Å². The Balaban J connectivity index is 2.57. The molecule has 2 aromatic rings. The molecule has 0 heterocycles.